The first-order valence-electron chi connectivity index (χ1n) is 9.15. The Labute approximate surface area is 163 Å². The fourth-order valence-electron chi connectivity index (χ4n) is 2.62. The molecule has 1 aliphatic rings. The van der Waals surface area contributed by atoms with Crippen LogP contribution < -0.4 is 19.5 Å². The van der Waals surface area contributed by atoms with Crippen molar-refractivity contribution >= 4 is 17.6 Å². The van der Waals surface area contributed by atoms with E-state index in [9.17, 15) is 9.59 Å². The van der Waals surface area contributed by atoms with Crippen LogP contribution in [0, 0.1) is 6.92 Å². The number of carbonyl (C=O) groups is 2. The fourth-order valence-corrected chi connectivity index (χ4v) is 2.62. The third-order valence-corrected chi connectivity index (χ3v) is 4.05. The number of fused-ring (bicyclic) bond motifs is 1. The third kappa shape index (κ3) is 5.64. The molecule has 1 N–H and O–H groups in total. The molecule has 0 saturated heterocycles. The summed E-state index contributed by atoms with van der Waals surface area (Å²) in [6.45, 7) is 2.91. The van der Waals surface area contributed by atoms with Crippen molar-refractivity contribution in [1.29, 1.82) is 0 Å². The van der Waals surface area contributed by atoms with E-state index in [-0.39, 0.29) is 19.6 Å². The average Bonchev–Trinajstić information content (AvgIpc) is 2.93. The lowest BCUT2D eigenvalue weighted by molar-refractivity contribution is -0.147. The lowest BCUT2D eigenvalue weighted by Gasteiger charge is -2.11. The summed E-state index contributed by atoms with van der Waals surface area (Å²) < 4.78 is 21.7. The summed E-state index contributed by atoms with van der Waals surface area (Å²) in [4.78, 5) is 23.8. The molecule has 0 atom stereocenters. The number of hydrogen-bond donors (Lipinski definition) is 1. The molecule has 7 heteroatoms. The molecule has 148 valence electrons. The molecule has 0 saturated carbocycles. The Kier molecular flexibility index (Phi) is 6.73. The van der Waals surface area contributed by atoms with E-state index < -0.39 is 11.9 Å². The van der Waals surface area contributed by atoms with E-state index in [2.05, 4.69) is 5.32 Å². The molecule has 0 aromatic heterocycles. The van der Waals surface area contributed by atoms with Crippen molar-refractivity contribution in [3.63, 3.8) is 0 Å². The molecule has 2 aromatic rings. The van der Waals surface area contributed by atoms with Gasteiger partial charge in [0, 0.05) is 18.2 Å². The number of esters is 1. The minimum Gasteiger partial charge on any atom is -0.493 e. The van der Waals surface area contributed by atoms with E-state index in [0.717, 1.165) is 17.7 Å². The zero-order valence-corrected chi connectivity index (χ0v) is 15.7. The lowest BCUT2D eigenvalue weighted by atomic mass is 10.2. The molecular weight excluding hydrogens is 362 g/mol. The van der Waals surface area contributed by atoms with Crippen LogP contribution in [-0.4, -0.2) is 38.3 Å². The normalized spacial score (nSPS) is 12.6. The monoisotopic (exact) mass is 385 g/mol. The van der Waals surface area contributed by atoms with Gasteiger partial charge in [0.1, 0.15) is 5.75 Å². The van der Waals surface area contributed by atoms with E-state index in [0.29, 0.717) is 30.4 Å². The summed E-state index contributed by atoms with van der Waals surface area (Å²) in [6.07, 6.45) is 0.867. The molecule has 0 unspecified atom stereocenters. The minimum atomic E-state index is -0.498. The molecule has 1 amide bonds. The quantitative estimate of drug-likeness (QED) is 0.738. The van der Waals surface area contributed by atoms with E-state index in [4.69, 9.17) is 18.9 Å². The molecule has 1 aliphatic heterocycles. The summed E-state index contributed by atoms with van der Waals surface area (Å²) in [5.41, 5.74) is 1.54. The van der Waals surface area contributed by atoms with Crippen LogP contribution >= 0.6 is 0 Å². The Morgan fingerprint density at radius 3 is 2.68 bits per heavy atom. The average molecular weight is 385 g/mol. The van der Waals surface area contributed by atoms with Crippen LogP contribution in [0.15, 0.2) is 42.5 Å². The molecule has 3 rings (SSSR count). The minimum absolute atomic E-state index is 0.0611. The van der Waals surface area contributed by atoms with Crippen molar-refractivity contribution in [3.05, 3.63) is 48.0 Å². The Balaban J connectivity index is 1.40. The fraction of sp³-hybridized carbons (Fsp3) is 0.333. The van der Waals surface area contributed by atoms with Gasteiger partial charge >= 0.3 is 5.97 Å². The van der Waals surface area contributed by atoms with Gasteiger partial charge in [0.05, 0.1) is 26.2 Å². The van der Waals surface area contributed by atoms with Crippen LogP contribution in [0.5, 0.6) is 17.2 Å². The van der Waals surface area contributed by atoms with Gasteiger partial charge in [-0.25, -0.2) is 0 Å². The van der Waals surface area contributed by atoms with Crippen molar-refractivity contribution in [1.82, 2.24) is 0 Å². The summed E-state index contributed by atoms with van der Waals surface area (Å²) in [5.74, 6) is 1.03. The number of ether oxygens (including phenoxy) is 4. The maximum atomic E-state index is 12.0. The summed E-state index contributed by atoms with van der Waals surface area (Å²) >= 11 is 0. The number of hydrogen-bond acceptors (Lipinski definition) is 6. The van der Waals surface area contributed by atoms with Crippen LogP contribution in [0.2, 0.25) is 0 Å². The first-order valence-corrected chi connectivity index (χ1v) is 9.15. The molecule has 7 nitrogen and oxygen atoms in total. The molecule has 1 heterocycles. The number of amides is 1. The smallest absolute Gasteiger partial charge is 0.309 e. The van der Waals surface area contributed by atoms with Crippen molar-refractivity contribution in [2.75, 3.05) is 31.7 Å². The molecular formula is C21H23NO6. The van der Waals surface area contributed by atoms with Crippen molar-refractivity contribution in [2.24, 2.45) is 0 Å². The molecule has 28 heavy (non-hydrogen) atoms. The highest BCUT2D eigenvalue weighted by atomic mass is 16.5. The predicted molar refractivity (Wildman–Crippen MR) is 103 cm³/mol. The van der Waals surface area contributed by atoms with Crippen LogP contribution in [0.1, 0.15) is 18.4 Å². The highest BCUT2D eigenvalue weighted by Gasteiger charge is 2.13. The SMILES string of the molecule is Cc1ccccc1OCCC(=O)OCC(=O)Nc1ccc2c(c1)OCCCO2. The number of para-hydroxylation sites is 1. The number of benzene rings is 2. The highest BCUT2D eigenvalue weighted by Crippen LogP contribution is 2.32. The van der Waals surface area contributed by atoms with Crippen molar-refractivity contribution < 1.29 is 28.5 Å². The van der Waals surface area contributed by atoms with Gasteiger partial charge in [-0.3, -0.25) is 9.59 Å². The second-order valence-corrected chi connectivity index (χ2v) is 6.28. The largest absolute Gasteiger partial charge is 0.493 e. The van der Waals surface area contributed by atoms with Gasteiger partial charge in [-0.05, 0) is 30.7 Å². The van der Waals surface area contributed by atoms with E-state index in [1.54, 1.807) is 18.2 Å². The van der Waals surface area contributed by atoms with Gasteiger partial charge in [0.25, 0.3) is 5.91 Å². The molecule has 0 aliphatic carbocycles. The first-order chi connectivity index (χ1) is 13.6. The highest BCUT2D eigenvalue weighted by molar-refractivity contribution is 5.93. The van der Waals surface area contributed by atoms with Crippen molar-refractivity contribution in [2.45, 2.75) is 19.8 Å². The van der Waals surface area contributed by atoms with Gasteiger partial charge in [-0.2, -0.15) is 0 Å². The second-order valence-electron chi connectivity index (χ2n) is 6.28. The lowest BCUT2D eigenvalue weighted by Crippen LogP contribution is -2.21. The van der Waals surface area contributed by atoms with Crippen LogP contribution in [0.4, 0.5) is 5.69 Å². The van der Waals surface area contributed by atoms with Gasteiger partial charge in [0.15, 0.2) is 18.1 Å². The Morgan fingerprint density at radius 1 is 1.07 bits per heavy atom. The van der Waals surface area contributed by atoms with Gasteiger partial charge in [0.2, 0.25) is 0 Å². The van der Waals surface area contributed by atoms with Gasteiger partial charge in [-0.15, -0.1) is 0 Å². The van der Waals surface area contributed by atoms with Crippen LogP contribution in [0.3, 0.4) is 0 Å². The maximum Gasteiger partial charge on any atom is 0.309 e. The summed E-state index contributed by atoms with van der Waals surface area (Å²) in [7, 11) is 0. The second kappa shape index (κ2) is 9.64. The number of aryl methyl sites for hydroxylation is 1. The molecule has 0 radical (unpaired) electrons. The molecule has 2 aromatic carbocycles. The molecule has 0 spiro atoms. The number of nitrogens with one attached hydrogen (secondary N) is 1. The Hall–Kier alpha value is -3.22. The first kappa shape index (κ1) is 19.5. The van der Waals surface area contributed by atoms with E-state index in [1.807, 2.05) is 31.2 Å². The van der Waals surface area contributed by atoms with Crippen LogP contribution in [0.25, 0.3) is 0 Å². The molecule has 0 fully saturated rings. The van der Waals surface area contributed by atoms with Gasteiger partial charge in [-0.1, -0.05) is 18.2 Å². The summed E-state index contributed by atoms with van der Waals surface area (Å²) in [6, 6.07) is 12.7. The van der Waals surface area contributed by atoms with Crippen molar-refractivity contribution in [3.8, 4) is 17.2 Å². The van der Waals surface area contributed by atoms with E-state index in [1.165, 1.54) is 0 Å². The standard InChI is InChI=1S/C21H23NO6/c1-15-5-2-3-6-17(15)27-12-9-21(24)28-14-20(23)22-16-7-8-18-19(13-16)26-11-4-10-25-18/h2-3,5-8,13H,4,9-12,14H2,1H3,(H,22,23). The van der Waals surface area contributed by atoms with Crippen LogP contribution in [-0.2, 0) is 14.3 Å². The number of carbonyl (C=O) groups excluding carboxylic acids is 2. The Bertz CT molecular complexity index is 835. The molecule has 0 bridgehead atoms. The zero-order chi connectivity index (χ0) is 19.8. The topological polar surface area (TPSA) is 83.1 Å². The predicted octanol–water partition coefficient (Wildman–Crippen LogP) is 3.11. The Morgan fingerprint density at radius 2 is 1.86 bits per heavy atom. The maximum absolute atomic E-state index is 12.0. The number of anilines is 1. The van der Waals surface area contributed by atoms with Gasteiger partial charge < -0.3 is 24.3 Å². The number of rotatable bonds is 7. The zero-order valence-electron chi connectivity index (χ0n) is 15.7. The summed E-state index contributed by atoms with van der Waals surface area (Å²) in [5, 5.41) is 2.67. The van der Waals surface area contributed by atoms with E-state index >= 15 is 0 Å². The third-order valence-electron chi connectivity index (χ3n) is 4.05.